The molecule has 0 heterocycles. The van der Waals surface area contributed by atoms with Crippen LogP contribution < -0.4 is 0 Å². The highest BCUT2D eigenvalue weighted by molar-refractivity contribution is 5.73. The van der Waals surface area contributed by atoms with Crippen LogP contribution in [0.5, 0.6) is 0 Å². The van der Waals surface area contributed by atoms with Gasteiger partial charge in [0.1, 0.15) is 0 Å². The van der Waals surface area contributed by atoms with Crippen molar-refractivity contribution in [3.8, 4) is 0 Å². The first kappa shape index (κ1) is 14.5. The van der Waals surface area contributed by atoms with E-state index in [-0.39, 0.29) is 6.61 Å². The first-order valence-electron chi connectivity index (χ1n) is 5.46. The lowest BCUT2D eigenvalue weighted by molar-refractivity contribution is 0.145. The average molecular weight is 230 g/mol. The second-order valence-corrected chi connectivity index (χ2v) is 3.14. The minimum Gasteiger partial charge on any atom is -0.447 e. The van der Waals surface area contributed by atoms with Gasteiger partial charge in [-0.25, -0.2) is 9.59 Å². The number of amides is 2. The van der Waals surface area contributed by atoms with Crippen LogP contribution in [0.15, 0.2) is 10.2 Å². The minimum absolute atomic E-state index is 0.267. The molecule has 0 aliphatic rings. The molecule has 0 rings (SSSR count). The number of rotatable bonds is 6. The van der Waals surface area contributed by atoms with Crippen LogP contribution in [0.2, 0.25) is 0 Å². The third kappa shape index (κ3) is 9.11. The summed E-state index contributed by atoms with van der Waals surface area (Å²) in [7, 11) is 0. The van der Waals surface area contributed by atoms with Crippen molar-refractivity contribution in [3.63, 3.8) is 0 Å². The van der Waals surface area contributed by atoms with Gasteiger partial charge in [-0.1, -0.05) is 36.9 Å². The van der Waals surface area contributed by atoms with Gasteiger partial charge in [-0.2, -0.15) is 0 Å². The Bertz CT molecular complexity index is 241. The Kier molecular flexibility index (Phi) is 9.15. The molecular weight excluding hydrogens is 212 g/mol. The lowest BCUT2D eigenvalue weighted by Gasteiger charge is -1.98. The molecule has 0 aromatic rings. The van der Waals surface area contributed by atoms with E-state index in [0.717, 1.165) is 19.3 Å². The van der Waals surface area contributed by atoms with Crippen LogP contribution in [0.4, 0.5) is 9.59 Å². The molecule has 0 spiro atoms. The summed E-state index contributed by atoms with van der Waals surface area (Å²) in [5.41, 5.74) is 0. The summed E-state index contributed by atoms with van der Waals surface area (Å²) in [5, 5.41) is 6.11. The predicted molar refractivity (Wildman–Crippen MR) is 57.4 cm³/mol. The fourth-order valence-corrected chi connectivity index (χ4v) is 0.840. The maximum atomic E-state index is 10.9. The molecule has 0 atom stereocenters. The van der Waals surface area contributed by atoms with Crippen molar-refractivity contribution in [2.24, 2.45) is 10.2 Å². The van der Waals surface area contributed by atoms with Gasteiger partial charge in [0, 0.05) is 0 Å². The zero-order valence-electron chi connectivity index (χ0n) is 9.77. The number of unbranched alkanes of at least 4 members (excludes halogenated alkanes) is 2. The molecular formula is C10H18N2O4. The fraction of sp³-hybridized carbons (Fsp3) is 0.800. The number of hydrogen-bond acceptors (Lipinski definition) is 4. The summed E-state index contributed by atoms with van der Waals surface area (Å²) in [6, 6.07) is 0. The highest BCUT2D eigenvalue weighted by Crippen LogP contribution is 1.96. The lowest BCUT2D eigenvalue weighted by Crippen LogP contribution is -2.03. The van der Waals surface area contributed by atoms with Crippen molar-refractivity contribution in [1.82, 2.24) is 0 Å². The van der Waals surface area contributed by atoms with Crippen LogP contribution in [0.25, 0.3) is 0 Å². The predicted octanol–water partition coefficient (Wildman–Crippen LogP) is 3.31. The second-order valence-electron chi connectivity index (χ2n) is 3.14. The van der Waals surface area contributed by atoms with Crippen LogP contribution in [0.1, 0.15) is 39.5 Å². The number of carbonyl (C=O) groups excluding carboxylic acids is 2. The van der Waals surface area contributed by atoms with Gasteiger partial charge in [0.25, 0.3) is 0 Å². The number of hydrogen-bond donors (Lipinski definition) is 0. The molecule has 0 radical (unpaired) electrons. The van der Waals surface area contributed by atoms with Gasteiger partial charge in [-0.3, -0.25) is 0 Å². The molecule has 92 valence electrons. The highest BCUT2D eigenvalue weighted by atomic mass is 16.6. The summed E-state index contributed by atoms with van der Waals surface area (Å²) < 4.78 is 9.27. The van der Waals surface area contributed by atoms with Gasteiger partial charge in [0.15, 0.2) is 0 Å². The van der Waals surface area contributed by atoms with Crippen molar-refractivity contribution in [2.75, 3.05) is 13.2 Å². The molecule has 6 heteroatoms. The second kappa shape index (κ2) is 10.1. The van der Waals surface area contributed by atoms with Crippen molar-refractivity contribution in [1.29, 1.82) is 0 Å². The minimum atomic E-state index is -0.868. The Morgan fingerprint density at radius 1 is 0.875 bits per heavy atom. The van der Waals surface area contributed by atoms with Crippen LogP contribution in [-0.4, -0.2) is 25.4 Å². The number of nitrogens with zero attached hydrogens (tertiary/aromatic N) is 2. The zero-order valence-corrected chi connectivity index (χ0v) is 9.77. The van der Waals surface area contributed by atoms with Crippen molar-refractivity contribution < 1.29 is 19.1 Å². The Morgan fingerprint density at radius 2 is 1.44 bits per heavy atom. The molecule has 0 N–H and O–H groups in total. The topological polar surface area (TPSA) is 77.3 Å². The monoisotopic (exact) mass is 230 g/mol. The normalized spacial score (nSPS) is 10.4. The standard InChI is InChI=1S/C10H18N2O4/c1-3-5-6-8-16-10(14)12-11-9(13)15-7-4-2/h3-8H2,1-2H3. The molecule has 0 aliphatic heterocycles. The molecule has 2 amide bonds. The molecule has 0 fully saturated rings. The van der Waals surface area contributed by atoms with Crippen LogP contribution in [0.3, 0.4) is 0 Å². The molecule has 0 saturated heterocycles. The number of ether oxygens (including phenoxy) is 2. The zero-order chi connectivity index (χ0) is 12.2. The summed E-state index contributed by atoms with van der Waals surface area (Å²) in [5.74, 6) is 0. The van der Waals surface area contributed by atoms with Gasteiger partial charge in [-0.15, -0.1) is 0 Å². The largest absolute Gasteiger partial charge is 0.452 e. The maximum absolute atomic E-state index is 10.9. The molecule has 0 unspecified atom stereocenters. The Balaban J connectivity index is 3.60. The summed E-state index contributed by atoms with van der Waals surface area (Å²) in [6.45, 7) is 4.47. The Labute approximate surface area is 95.0 Å². The van der Waals surface area contributed by atoms with Crippen molar-refractivity contribution >= 4 is 12.2 Å². The van der Waals surface area contributed by atoms with Crippen molar-refractivity contribution in [3.05, 3.63) is 0 Å². The van der Waals surface area contributed by atoms with Gasteiger partial charge in [0.2, 0.25) is 0 Å². The first-order valence-corrected chi connectivity index (χ1v) is 5.46. The van der Waals surface area contributed by atoms with E-state index in [2.05, 4.69) is 15.0 Å². The van der Waals surface area contributed by atoms with Gasteiger partial charge < -0.3 is 9.47 Å². The van der Waals surface area contributed by atoms with E-state index in [1.807, 2.05) is 13.8 Å². The fourth-order valence-electron chi connectivity index (χ4n) is 0.840. The lowest BCUT2D eigenvalue weighted by atomic mass is 10.3. The van der Waals surface area contributed by atoms with Gasteiger partial charge >= 0.3 is 12.2 Å². The SMILES string of the molecule is CCCCCOC(=O)N=NC(=O)OCCC. The number of carbonyl (C=O) groups is 2. The number of azo groups is 1. The Morgan fingerprint density at radius 3 is 1.94 bits per heavy atom. The van der Waals surface area contributed by atoms with E-state index in [9.17, 15) is 9.59 Å². The van der Waals surface area contributed by atoms with Crippen LogP contribution in [-0.2, 0) is 9.47 Å². The quantitative estimate of drug-likeness (QED) is 0.518. The Hall–Kier alpha value is -1.46. The molecule has 16 heavy (non-hydrogen) atoms. The molecule has 0 saturated carbocycles. The third-order valence-electron chi connectivity index (χ3n) is 1.62. The van der Waals surface area contributed by atoms with E-state index >= 15 is 0 Å². The maximum Gasteiger partial charge on any atom is 0.452 e. The van der Waals surface area contributed by atoms with E-state index in [4.69, 9.17) is 4.74 Å². The van der Waals surface area contributed by atoms with E-state index in [0.29, 0.717) is 13.0 Å². The highest BCUT2D eigenvalue weighted by Gasteiger charge is 2.02. The van der Waals surface area contributed by atoms with Gasteiger partial charge in [0.05, 0.1) is 13.2 Å². The van der Waals surface area contributed by atoms with Crippen LogP contribution in [0, 0.1) is 0 Å². The van der Waals surface area contributed by atoms with E-state index < -0.39 is 12.2 Å². The average Bonchev–Trinajstić information content (AvgIpc) is 2.29. The molecule has 0 aromatic heterocycles. The van der Waals surface area contributed by atoms with E-state index in [1.165, 1.54) is 0 Å². The summed E-state index contributed by atoms with van der Waals surface area (Å²) >= 11 is 0. The van der Waals surface area contributed by atoms with E-state index in [1.54, 1.807) is 0 Å². The smallest absolute Gasteiger partial charge is 0.447 e. The molecule has 6 nitrogen and oxygen atoms in total. The summed E-state index contributed by atoms with van der Waals surface area (Å²) in [6.07, 6.45) is 1.79. The van der Waals surface area contributed by atoms with Crippen LogP contribution >= 0.6 is 0 Å². The molecule has 0 aliphatic carbocycles. The molecule has 0 bridgehead atoms. The van der Waals surface area contributed by atoms with Crippen molar-refractivity contribution in [2.45, 2.75) is 39.5 Å². The molecule has 0 aromatic carbocycles. The first-order chi connectivity index (χ1) is 7.70. The summed E-state index contributed by atoms with van der Waals surface area (Å²) in [4.78, 5) is 21.7. The third-order valence-corrected chi connectivity index (χ3v) is 1.62. The van der Waals surface area contributed by atoms with Gasteiger partial charge in [-0.05, 0) is 12.8 Å².